The third kappa shape index (κ3) is 5.51. The summed E-state index contributed by atoms with van der Waals surface area (Å²) in [6.45, 7) is 1.31. The Hall–Kier alpha value is -2.52. The van der Waals surface area contributed by atoms with Gasteiger partial charge in [-0.2, -0.15) is 31.3 Å². The van der Waals surface area contributed by atoms with Crippen LogP contribution in [-0.4, -0.2) is 16.0 Å². The van der Waals surface area contributed by atoms with Crippen LogP contribution < -0.4 is 10.6 Å². The number of aromatic nitrogens is 2. The van der Waals surface area contributed by atoms with Gasteiger partial charge in [-0.15, -0.1) is 0 Å². The maximum Gasteiger partial charge on any atom is 0.433 e. The van der Waals surface area contributed by atoms with Crippen molar-refractivity contribution in [3.05, 3.63) is 41.1 Å². The van der Waals surface area contributed by atoms with Crippen LogP contribution >= 0.6 is 0 Å². The van der Waals surface area contributed by atoms with Crippen LogP contribution in [0.1, 0.15) is 48.9 Å². The fourth-order valence-corrected chi connectivity index (χ4v) is 3.30. The van der Waals surface area contributed by atoms with Crippen LogP contribution in [-0.2, 0) is 12.4 Å². The van der Waals surface area contributed by atoms with Gasteiger partial charge in [-0.05, 0) is 37.5 Å². The molecule has 0 aliphatic heterocycles. The normalized spacial score (nSPS) is 16.0. The highest BCUT2D eigenvalue weighted by atomic mass is 19.4. The van der Waals surface area contributed by atoms with Crippen LogP contribution in [0.15, 0.2) is 24.3 Å². The van der Waals surface area contributed by atoms with Gasteiger partial charge in [0.25, 0.3) is 0 Å². The van der Waals surface area contributed by atoms with Gasteiger partial charge in [0.15, 0.2) is 5.69 Å². The zero-order valence-electron chi connectivity index (χ0n) is 15.6. The van der Waals surface area contributed by atoms with Crippen molar-refractivity contribution in [1.82, 2.24) is 9.97 Å². The molecule has 3 rings (SSSR count). The molecule has 0 saturated heterocycles. The second-order valence-corrected chi connectivity index (χ2v) is 7.09. The molecule has 158 valence electrons. The van der Waals surface area contributed by atoms with E-state index >= 15 is 0 Å². The van der Waals surface area contributed by atoms with E-state index in [1.165, 1.54) is 19.1 Å². The van der Waals surface area contributed by atoms with Gasteiger partial charge in [-0.1, -0.05) is 25.3 Å². The van der Waals surface area contributed by atoms with Crippen molar-refractivity contribution in [1.29, 1.82) is 0 Å². The Bertz CT molecular complexity index is 857. The summed E-state index contributed by atoms with van der Waals surface area (Å²) in [5.41, 5.74) is -2.04. The third-order valence-corrected chi connectivity index (χ3v) is 4.77. The van der Waals surface area contributed by atoms with Crippen LogP contribution in [0.4, 0.5) is 43.8 Å². The van der Waals surface area contributed by atoms with Crippen molar-refractivity contribution in [3.8, 4) is 0 Å². The van der Waals surface area contributed by atoms with Gasteiger partial charge in [0.05, 0.1) is 5.56 Å². The molecule has 0 bridgehead atoms. The first-order valence-corrected chi connectivity index (χ1v) is 9.20. The van der Waals surface area contributed by atoms with E-state index in [1.54, 1.807) is 0 Å². The van der Waals surface area contributed by atoms with Gasteiger partial charge < -0.3 is 10.6 Å². The Morgan fingerprint density at radius 2 is 1.59 bits per heavy atom. The highest BCUT2D eigenvalue weighted by molar-refractivity contribution is 5.60. The lowest BCUT2D eigenvalue weighted by atomic mass is 9.96. The summed E-state index contributed by atoms with van der Waals surface area (Å²) in [7, 11) is 0. The maximum absolute atomic E-state index is 13.2. The maximum atomic E-state index is 13.2. The number of hydrogen-bond acceptors (Lipinski definition) is 4. The molecule has 1 aliphatic carbocycles. The van der Waals surface area contributed by atoms with Crippen LogP contribution in [0.2, 0.25) is 0 Å². The molecule has 0 radical (unpaired) electrons. The summed E-state index contributed by atoms with van der Waals surface area (Å²) in [4.78, 5) is 7.58. The molecule has 1 aromatic heterocycles. The van der Waals surface area contributed by atoms with E-state index < -0.39 is 23.6 Å². The summed E-state index contributed by atoms with van der Waals surface area (Å²) >= 11 is 0. The summed E-state index contributed by atoms with van der Waals surface area (Å²) in [6, 6.07) is 4.10. The van der Waals surface area contributed by atoms with E-state index in [0.717, 1.165) is 38.2 Å². The number of rotatable bonds is 4. The molecule has 0 unspecified atom stereocenters. The fraction of sp³-hybridized carbons (Fsp3) is 0.474. The quantitative estimate of drug-likeness (QED) is 0.571. The van der Waals surface area contributed by atoms with Gasteiger partial charge in [0, 0.05) is 17.8 Å². The number of aryl methyl sites for hydroxylation is 1. The molecular weight excluding hydrogens is 398 g/mol. The lowest BCUT2D eigenvalue weighted by Gasteiger charge is -2.23. The summed E-state index contributed by atoms with van der Waals surface area (Å²) in [5.74, 6) is -0.431. The molecule has 10 heteroatoms. The minimum atomic E-state index is -4.72. The largest absolute Gasteiger partial charge is 0.433 e. The molecule has 0 amide bonds. The van der Waals surface area contributed by atoms with Crippen molar-refractivity contribution in [2.45, 2.75) is 57.4 Å². The Morgan fingerprint density at radius 1 is 0.897 bits per heavy atom. The van der Waals surface area contributed by atoms with Crippen LogP contribution in [0.25, 0.3) is 0 Å². The highest BCUT2D eigenvalue weighted by Gasteiger charge is 2.35. The van der Waals surface area contributed by atoms with Crippen LogP contribution in [0, 0.1) is 6.92 Å². The van der Waals surface area contributed by atoms with E-state index in [1.807, 2.05) is 0 Å². The van der Waals surface area contributed by atoms with E-state index in [4.69, 9.17) is 0 Å². The number of benzene rings is 1. The summed E-state index contributed by atoms with van der Waals surface area (Å²) in [5, 5.41) is 5.46. The first kappa shape index (κ1) is 21.2. The van der Waals surface area contributed by atoms with Gasteiger partial charge in [0.2, 0.25) is 5.95 Å². The molecule has 4 nitrogen and oxygen atoms in total. The van der Waals surface area contributed by atoms with Crippen LogP contribution in [0.5, 0.6) is 0 Å². The van der Waals surface area contributed by atoms with E-state index in [-0.39, 0.29) is 29.1 Å². The first-order valence-electron chi connectivity index (χ1n) is 9.20. The van der Waals surface area contributed by atoms with Gasteiger partial charge >= 0.3 is 12.4 Å². The number of nitrogens with one attached hydrogen (secondary N) is 2. The molecule has 1 saturated carbocycles. The number of hydrogen-bond donors (Lipinski definition) is 2. The molecule has 2 N–H and O–H groups in total. The summed E-state index contributed by atoms with van der Waals surface area (Å²) in [6.07, 6.45) is -4.68. The van der Waals surface area contributed by atoms with E-state index in [2.05, 4.69) is 20.6 Å². The molecule has 0 spiro atoms. The first-order chi connectivity index (χ1) is 13.5. The second-order valence-electron chi connectivity index (χ2n) is 7.09. The highest BCUT2D eigenvalue weighted by Crippen LogP contribution is 2.35. The average molecular weight is 418 g/mol. The summed E-state index contributed by atoms with van der Waals surface area (Å²) < 4.78 is 79.0. The Kier molecular flexibility index (Phi) is 5.90. The van der Waals surface area contributed by atoms with Gasteiger partial charge in [0.1, 0.15) is 5.82 Å². The number of anilines is 3. The number of alkyl halides is 6. The second kappa shape index (κ2) is 8.08. The van der Waals surface area contributed by atoms with Gasteiger partial charge in [-0.25, -0.2) is 4.98 Å². The Balaban J connectivity index is 1.91. The molecule has 2 aromatic rings. The number of nitrogens with zero attached hydrogens (tertiary/aromatic N) is 2. The monoisotopic (exact) mass is 418 g/mol. The van der Waals surface area contributed by atoms with Crippen molar-refractivity contribution in [3.63, 3.8) is 0 Å². The van der Waals surface area contributed by atoms with Crippen molar-refractivity contribution in [2.75, 3.05) is 10.6 Å². The molecular formula is C19H20F6N4. The third-order valence-electron chi connectivity index (χ3n) is 4.77. The predicted molar refractivity (Wildman–Crippen MR) is 97.0 cm³/mol. The fourth-order valence-electron chi connectivity index (χ4n) is 3.30. The van der Waals surface area contributed by atoms with Crippen molar-refractivity contribution < 1.29 is 26.3 Å². The van der Waals surface area contributed by atoms with Gasteiger partial charge in [-0.3, -0.25) is 0 Å². The Labute approximate surface area is 163 Å². The topological polar surface area (TPSA) is 49.8 Å². The zero-order valence-corrected chi connectivity index (χ0v) is 15.6. The standard InChI is InChI=1S/C19H20F6N4/c1-11-7-8-13(9-14(11)18(20,21)22)26-16-10-15(19(23,24)25)28-17(29-16)27-12-5-3-2-4-6-12/h7-10,12H,2-6H2,1H3,(H2,26,27,28,29). The van der Waals surface area contributed by atoms with E-state index in [0.29, 0.717) is 6.07 Å². The molecule has 1 aromatic carbocycles. The average Bonchev–Trinajstić information content (AvgIpc) is 2.62. The minimum absolute atomic E-state index is 0.0152. The number of halogens is 6. The molecule has 1 fully saturated rings. The lowest BCUT2D eigenvalue weighted by molar-refractivity contribution is -0.141. The molecule has 1 aliphatic rings. The minimum Gasteiger partial charge on any atom is -0.351 e. The SMILES string of the molecule is Cc1ccc(Nc2cc(C(F)(F)F)nc(NC3CCCCC3)n2)cc1C(F)(F)F. The Morgan fingerprint density at radius 3 is 2.21 bits per heavy atom. The van der Waals surface area contributed by atoms with Crippen LogP contribution in [0.3, 0.4) is 0 Å². The molecule has 29 heavy (non-hydrogen) atoms. The zero-order chi connectivity index (χ0) is 21.2. The van der Waals surface area contributed by atoms with E-state index in [9.17, 15) is 26.3 Å². The van der Waals surface area contributed by atoms with Crippen molar-refractivity contribution in [2.24, 2.45) is 0 Å². The molecule has 1 heterocycles. The predicted octanol–water partition coefficient (Wildman–Crippen LogP) is 6.31. The lowest BCUT2D eigenvalue weighted by Crippen LogP contribution is -2.24. The van der Waals surface area contributed by atoms with Crippen molar-refractivity contribution >= 4 is 17.5 Å². The molecule has 0 atom stereocenters. The smallest absolute Gasteiger partial charge is 0.351 e.